The molecule has 2 rings (SSSR count). The van der Waals surface area contributed by atoms with Crippen LogP contribution in [-0.4, -0.2) is 4.57 Å². The minimum absolute atomic E-state index is 0.126. The van der Waals surface area contributed by atoms with Gasteiger partial charge in [0.25, 0.3) is 0 Å². The third-order valence-corrected chi connectivity index (χ3v) is 5.71. The molecule has 1 nitrogen and oxygen atoms in total. The van der Waals surface area contributed by atoms with E-state index < -0.39 is 0 Å². The summed E-state index contributed by atoms with van der Waals surface area (Å²) in [6, 6.07) is 0.403. The Bertz CT molecular complexity index is 709. The lowest BCUT2D eigenvalue weighted by molar-refractivity contribution is 0.505. The van der Waals surface area contributed by atoms with E-state index >= 15 is 0 Å². The molecule has 0 fully saturated rings. The molecule has 136 valence electrons. The fraction of sp³-hybridized carbons (Fsp3) is 0.500. The number of rotatable bonds is 6. The van der Waals surface area contributed by atoms with Crippen LogP contribution in [0, 0.1) is 17.3 Å². The van der Waals surface area contributed by atoms with Crippen molar-refractivity contribution in [3.8, 4) is 0 Å². The van der Waals surface area contributed by atoms with E-state index in [1.807, 2.05) is 6.08 Å². The predicted molar refractivity (Wildman–Crippen MR) is 114 cm³/mol. The van der Waals surface area contributed by atoms with Crippen LogP contribution in [0.25, 0.3) is 24.3 Å². The number of aromatic nitrogens is 1. The zero-order valence-electron chi connectivity index (χ0n) is 17.1. The standard InChI is InChI=1S/C24H35N/c1-9-20-21-13-15-24(8,10-2)16-14-23(21)25(18(5)6)22(20)12-11-19(7)17(3)4/h9,11-19H,1,10H2,2-8H3/b12-11-. The summed E-state index contributed by atoms with van der Waals surface area (Å²) >= 11 is 0. The van der Waals surface area contributed by atoms with Gasteiger partial charge in [-0.1, -0.05) is 71.6 Å². The second kappa shape index (κ2) is 7.64. The van der Waals surface area contributed by atoms with Crippen LogP contribution in [0.5, 0.6) is 0 Å². The smallest absolute Gasteiger partial charge is 0.0490 e. The summed E-state index contributed by atoms with van der Waals surface area (Å²) in [7, 11) is 0. The van der Waals surface area contributed by atoms with Gasteiger partial charge in [0.1, 0.15) is 0 Å². The van der Waals surface area contributed by atoms with Gasteiger partial charge in [-0.05, 0) is 44.3 Å². The molecule has 1 aliphatic carbocycles. The molecule has 0 N–H and O–H groups in total. The van der Waals surface area contributed by atoms with E-state index in [-0.39, 0.29) is 5.41 Å². The van der Waals surface area contributed by atoms with Crippen LogP contribution < -0.4 is 0 Å². The van der Waals surface area contributed by atoms with Gasteiger partial charge in [0.05, 0.1) is 0 Å². The zero-order valence-corrected chi connectivity index (χ0v) is 17.1. The van der Waals surface area contributed by atoms with E-state index in [0.717, 1.165) is 6.42 Å². The molecular formula is C24H35N. The van der Waals surface area contributed by atoms with Crippen molar-refractivity contribution >= 4 is 24.3 Å². The fourth-order valence-corrected chi connectivity index (χ4v) is 3.25. The Morgan fingerprint density at radius 3 is 2.28 bits per heavy atom. The van der Waals surface area contributed by atoms with Crippen molar-refractivity contribution < 1.29 is 0 Å². The van der Waals surface area contributed by atoms with Crippen molar-refractivity contribution in [1.82, 2.24) is 4.57 Å². The average Bonchev–Trinajstić information content (AvgIpc) is 2.78. The number of allylic oxidation sites excluding steroid dienone is 3. The summed E-state index contributed by atoms with van der Waals surface area (Å²) < 4.78 is 2.46. The summed E-state index contributed by atoms with van der Waals surface area (Å²) in [4.78, 5) is 0. The lowest BCUT2D eigenvalue weighted by Crippen LogP contribution is -2.08. The Morgan fingerprint density at radius 2 is 1.76 bits per heavy atom. The van der Waals surface area contributed by atoms with Crippen molar-refractivity contribution in [2.45, 2.75) is 60.9 Å². The third kappa shape index (κ3) is 3.92. The minimum atomic E-state index is 0.126. The highest BCUT2D eigenvalue weighted by atomic mass is 15.0. The largest absolute Gasteiger partial charge is 0.338 e. The Kier molecular flexibility index (Phi) is 5.98. The second-order valence-corrected chi connectivity index (χ2v) is 8.25. The van der Waals surface area contributed by atoms with Gasteiger partial charge in [-0.2, -0.15) is 0 Å². The van der Waals surface area contributed by atoms with Gasteiger partial charge < -0.3 is 4.57 Å². The van der Waals surface area contributed by atoms with Crippen LogP contribution in [-0.2, 0) is 0 Å². The topological polar surface area (TPSA) is 4.93 Å². The van der Waals surface area contributed by atoms with E-state index in [9.17, 15) is 0 Å². The molecule has 1 heteroatoms. The fourth-order valence-electron chi connectivity index (χ4n) is 3.25. The molecule has 0 spiro atoms. The highest BCUT2D eigenvalue weighted by Crippen LogP contribution is 2.37. The quantitative estimate of drug-likeness (QED) is 0.507. The van der Waals surface area contributed by atoms with E-state index in [2.05, 4.69) is 96.1 Å². The predicted octanol–water partition coefficient (Wildman–Crippen LogP) is 7.47. The monoisotopic (exact) mass is 337 g/mol. The van der Waals surface area contributed by atoms with Crippen molar-refractivity contribution in [3.05, 3.63) is 47.3 Å². The first-order chi connectivity index (χ1) is 11.7. The molecule has 0 aromatic carbocycles. The first-order valence-electron chi connectivity index (χ1n) is 9.71. The minimum Gasteiger partial charge on any atom is -0.338 e. The molecule has 2 atom stereocenters. The first kappa shape index (κ1) is 19.6. The van der Waals surface area contributed by atoms with Gasteiger partial charge in [-0.25, -0.2) is 0 Å². The molecule has 0 saturated heterocycles. The summed E-state index contributed by atoms with van der Waals surface area (Å²) in [5, 5.41) is 0. The average molecular weight is 338 g/mol. The Balaban J connectivity index is 2.65. The number of nitrogens with zero attached hydrogens (tertiary/aromatic N) is 1. The van der Waals surface area contributed by atoms with Gasteiger partial charge >= 0.3 is 0 Å². The van der Waals surface area contributed by atoms with Gasteiger partial charge in [-0.15, -0.1) is 0 Å². The maximum atomic E-state index is 4.12. The molecular weight excluding hydrogens is 302 g/mol. The van der Waals surface area contributed by atoms with Crippen molar-refractivity contribution in [2.75, 3.05) is 0 Å². The molecule has 2 unspecified atom stereocenters. The van der Waals surface area contributed by atoms with Crippen LogP contribution in [0.4, 0.5) is 0 Å². The molecule has 1 aliphatic rings. The van der Waals surface area contributed by atoms with E-state index in [1.54, 1.807) is 0 Å². The SMILES string of the molecule is C=Cc1c2c(n(C(C)C)c1/C=C\C(C)C(C)C)C=CC(C)(CC)C=C2. The molecule has 1 aromatic rings. The first-order valence-corrected chi connectivity index (χ1v) is 9.71. The lowest BCUT2D eigenvalue weighted by atomic mass is 9.87. The molecule has 1 aromatic heterocycles. The summed E-state index contributed by atoms with van der Waals surface area (Å²) in [6.45, 7) is 20.0. The van der Waals surface area contributed by atoms with Crippen molar-refractivity contribution in [3.63, 3.8) is 0 Å². The van der Waals surface area contributed by atoms with Crippen molar-refractivity contribution in [1.29, 1.82) is 0 Å². The molecule has 25 heavy (non-hydrogen) atoms. The van der Waals surface area contributed by atoms with Crippen LogP contribution in [0.15, 0.2) is 24.8 Å². The lowest BCUT2D eigenvalue weighted by Gasteiger charge is -2.19. The van der Waals surface area contributed by atoms with E-state index in [1.165, 1.54) is 22.5 Å². The highest BCUT2D eigenvalue weighted by molar-refractivity contribution is 5.80. The Morgan fingerprint density at radius 1 is 1.12 bits per heavy atom. The Labute approximate surface area is 154 Å². The van der Waals surface area contributed by atoms with Gasteiger partial charge in [-0.3, -0.25) is 0 Å². The molecule has 0 saturated carbocycles. The van der Waals surface area contributed by atoms with Crippen LogP contribution in [0.1, 0.15) is 83.4 Å². The molecule has 0 radical (unpaired) electrons. The molecule has 0 bridgehead atoms. The summed E-state index contributed by atoms with van der Waals surface area (Å²) in [5.41, 5.74) is 5.25. The number of hydrogen-bond acceptors (Lipinski definition) is 0. The van der Waals surface area contributed by atoms with Crippen molar-refractivity contribution in [2.24, 2.45) is 17.3 Å². The van der Waals surface area contributed by atoms with Gasteiger partial charge in [0.2, 0.25) is 0 Å². The maximum absolute atomic E-state index is 4.12. The second-order valence-electron chi connectivity index (χ2n) is 8.25. The van der Waals surface area contributed by atoms with Crippen LogP contribution in [0.2, 0.25) is 0 Å². The van der Waals surface area contributed by atoms with Crippen LogP contribution >= 0.6 is 0 Å². The van der Waals surface area contributed by atoms with Gasteiger partial charge in [0.15, 0.2) is 0 Å². The molecule has 0 aliphatic heterocycles. The number of fused-ring (bicyclic) bond motifs is 1. The summed E-state index contributed by atoms with van der Waals surface area (Å²) in [5.74, 6) is 1.20. The maximum Gasteiger partial charge on any atom is 0.0490 e. The molecule has 1 heterocycles. The van der Waals surface area contributed by atoms with E-state index in [4.69, 9.17) is 0 Å². The Hall–Kier alpha value is -1.76. The van der Waals surface area contributed by atoms with Gasteiger partial charge in [0, 0.05) is 34.0 Å². The normalized spacial score (nSPS) is 21.2. The zero-order chi connectivity index (χ0) is 18.8. The third-order valence-electron chi connectivity index (χ3n) is 5.71. The summed E-state index contributed by atoms with van der Waals surface area (Å²) in [6.07, 6.45) is 17.1. The van der Waals surface area contributed by atoms with E-state index in [0.29, 0.717) is 17.9 Å². The number of hydrogen-bond donors (Lipinski definition) is 0. The highest BCUT2D eigenvalue weighted by Gasteiger charge is 2.23. The molecule has 0 amide bonds. The van der Waals surface area contributed by atoms with Crippen LogP contribution in [0.3, 0.4) is 0 Å².